The maximum absolute atomic E-state index is 11.6. The lowest BCUT2D eigenvalue weighted by Gasteiger charge is -2.13. The molecule has 5 heteroatoms. The predicted octanol–water partition coefficient (Wildman–Crippen LogP) is 1.58. The molecule has 0 spiro atoms. The molecule has 1 N–H and O–H groups in total. The van der Waals surface area contributed by atoms with E-state index in [1.54, 1.807) is 13.8 Å². The van der Waals surface area contributed by atoms with Crippen molar-refractivity contribution >= 4 is 15.7 Å². The summed E-state index contributed by atoms with van der Waals surface area (Å²) in [6.45, 7) is 3.67. The first-order valence-electron chi connectivity index (χ1n) is 5.57. The van der Waals surface area contributed by atoms with Gasteiger partial charge in [-0.2, -0.15) is 0 Å². The first-order valence-corrected chi connectivity index (χ1v) is 7.12. The van der Waals surface area contributed by atoms with Crippen molar-refractivity contribution in [3.05, 3.63) is 29.8 Å². The molecule has 17 heavy (non-hydrogen) atoms. The van der Waals surface area contributed by atoms with Gasteiger partial charge in [-0.05, 0) is 31.5 Å². The largest absolute Gasteiger partial charge is 0.378 e. The van der Waals surface area contributed by atoms with Gasteiger partial charge in [0.25, 0.3) is 0 Å². The molecule has 4 nitrogen and oxygen atoms in total. The van der Waals surface area contributed by atoms with Crippen molar-refractivity contribution in [2.24, 2.45) is 0 Å². The Morgan fingerprint density at radius 1 is 1.18 bits per heavy atom. The summed E-state index contributed by atoms with van der Waals surface area (Å²) in [5.74, 6) is 0. The number of sulfonamides is 1. The number of nitrogens with one attached hydrogen (secondary N) is 1. The molecule has 0 aliphatic carbocycles. The van der Waals surface area contributed by atoms with Crippen LogP contribution >= 0.6 is 0 Å². The van der Waals surface area contributed by atoms with E-state index in [2.05, 4.69) is 4.72 Å². The third kappa shape index (κ3) is 4.02. The monoisotopic (exact) mass is 256 g/mol. The first-order chi connectivity index (χ1) is 7.83. The molecule has 0 fully saturated rings. The second-order valence-corrected chi connectivity index (χ2v) is 6.80. The van der Waals surface area contributed by atoms with E-state index in [1.807, 2.05) is 43.3 Å². The molecule has 0 heterocycles. The Morgan fingerprint density at radius 3 is 2.12 bits per heavy atom. The second-order valence-electron chi connectivity index (χ2n) is 4.48. The van der Waals surface area contributed by atoms with E-state index in [9.17, 15) is 8.42 Å². The fraction of sp³-hybridized carbons (Fsp3) is 0.500. The highest BCUT2D eigenvalue weighted by atomic mass is 32.2. The lowest BCUT2D eigenvalue weighted by molar-refractivity contribution is 0.572. The number of nitrogens with zero attached hydrogens (tertiary/aromatic N) is 1. The van der Waals surface area contributed by atoms with Gasteiger partial charge in [-0.15, -0.1) is 0 Å². The summed E-state index contributed by atoms with van der Waals surface area (Å²) in [4.78, 5) is 2.00. The highest BCUT2D eigenvalue weighted by Crippen LogP contribution is 2.12. The van der Waals surface area contributed by atoms with Gasteiger partial charge < -0.3 is 4.90 Å². The lowest BCUT2D eigenvalue weighted by Crippen LogP contribution is -2.30. The molecular weight excluding hydrogens is 236 g/mol. The van der Waals surface area contributed by atoms with Crippen LogP contribution in [0.1, 0.15) is 19.4 Å². The van der Waals surface area contributed by atoms with Gasteiger partial charge in [0.15, 0.2) is 0 Å². The van der Waals surface area contributed by atoms with Gasteiger partial charge in [0, 0.05) is 26.3 Å². The van der Waals surface area contributed by atoms with Crippen molar-refractivity contribution in [3.8, 4) is 0 Å². The van der Waals surface area contributed by atoms with Crippen LogP contribution in [0, 0.1) is 0 Å². The Kier molecular flexibility index (Phi) is 4.54. The summed E-state index contributed by atoms with van der Waals surface area (Å²) in [5.41, 5.74) is 2.06. The van der Waals surface area contributed by atoms with Crippen LogP contribution in [0.3, 0.4) is 0 Å². The topological polar surface area (TPSA) is 49.4 Å². The molecule has 0 amide bonds. The molecule has 0 saturated carbocycles. The standard InChI is InChI=1S/C12H20N2O2S/c1-10(2)17(15,16)13-9-11-5-7-12(8-6-11)14(3)4/h5-8,10,13H,9H2,1-4H3. The third-order valence-corrected chi connectivity index (χ3v) is 4.34. The Hall–Kier alpha value is -1.07. The average molecular weight is 256 g/mol. The highest BCUT2D eigenvalue weighted by molar-refractivity contribution is 7.90. The van der Waals surface area contributed by atoms with E-state index in [0.29, 0.717) is 6.54 Å². The van der Waals surface area contributed by atoms with Gasteiger partial charge in [-0.25, -0.2) is 13.1 Å². The van der Waals surface area contributed by atoms with E-state index in [0.717, 1.165) is 11.3 Å². The van der Waals surface area contributed by atoms with Crippen molar-refractivity contribution in [2.45, 2.75) is 25.6 Å². The fourth-order valence-electron chi connectivity index (χ4n) is 1.26. The summed E-state index contributed by atoms with van der Waals surface area (Å²) < 4.78 is 25.7. The number of anilines is 1. The van der Waals surface area contributed by atoms with Crippen LogP contribution in [0.2, 0.25) is 0 Å². The number of rotatable bonds is 5. The average Bonchev–Trinajstić information content (AvgIpc) is 2.27. The van der Waals surface area contributed by atoms with E-state index in [-0.39, 0.29) is 0 Å². The van der Waals surface area contributed by atoms with Crippen LogP contribution in [0.4, 0.5) is 5.69 Å². The van der Waals surface area contributed by atoms with Gasteiger partial charge in [0.2, 0.25) is 10.0 Å². The molecule has 0 aromatic heterocycles. The highest BCUT2D eigenvalue weighted by Gasteiger charge is 2.14. The maximum atomic E-state index is 11.6. The molecule has 0 aliphatic rings. The normalized spacial score (nSPS) is 11.8. The van der Waals surface area contributed by atoms with Crippen LogP contribution in [0.25, 0.3) is 0 Å². The maximum Gasteiger partial charge on any atom is 0.214 e. The van der Waals surface area contributed by atoms with Crippen LogP contribution < -0.4 is 9.62 Å². The summed E-state index contributed by atoms with van der Waals surface area (Å²) in [7, 11) is 0.754. The second kappa shape index (κ2) is 5.51. The SMILES string of the molecule is CC(C)S(=O)(=O)NCc1ccc(N(C)C)cc1. The van der Waals surface area contributed by atoms with Crippen LogP contribution in [-0.4, -0.2) is 27.8 Å². The van der Waals surface area contributed by atoms with Crippen molar-refractivity contribution < 1.29 is 8.42 Å². The van der Waals surface area contributed by atoms with Gasteiger partial charge in [-0.1, -0.05) is 12.1 Å². The van der Waals surface area contributed by atoms with Gasteiger partial charge in [-0.3, -0.25) is 0 Å². The van der Waals surface area contributed by atoms with Crippen LogP contribution in [0.5, 0.6) is 0 Å². The minimum atomic E-state index is -3.18. The van der Waals surface area contributed by atoms with Crippen LogP contribution in [0.15, 0.2) is 24.3 Å². The molecule has 0 saturated heterocycles. The predicted molar refractivity (Wildman–Crippen MR) is 71.7 cm³/mol. The lowest BCUT2D eigenvalue weighted by atomic mass is 10.2. The van der Waals surface area contributed by atoms with Crippen molar-refractivity contribution in [3.63, 3.8) is 0 Å². The first kappa shape index (κ1) is 14.0. The molecule has 0 aliphatic heterocycles. The van der Waals surface area contributed by atoms with E-state index in [4.69, 9.17) is 0 Å². The fourth-order valence-corrected chi connectivity index (χ4v) is 1.96. The van der Waals surface area contributed by atoms with E-state index in [1.165, 1.54) is 0 Å². The molecule has 96 valence electrons. The summed E-state index contributed by atoms with van der Waals surface area (Å²) in [6, 6.07) is 7.80. The molecule has 1 aromatic rings. The third-order valence-electron chi connectivity index (χ3n) is 2.55. The zero-order valence-electron chi connectivity index (χ0n) is 10.8. The van der Waals surface area contributed by atoms with Gasteiger partial charge >= 0.3 is 0 Å². The molecule has 0 unspecified atom stereocenters. The zero-order chi connectivity index (χ0) is 13.1. The molecule has 0 bridgehead atoms. The van der Waals surface area contributed by atoms with Crippen molar-refractivity contribution in [1.29, 1.82) is 0 Å². The number of hydrogen-bond acceptors (Lipinski definition) is 3. The summed E-state index contributed by atoms with van der Waals surface area (Å²) >= 11 is 0. The molecule has 1 aromatic carbocycles. The Bertz CT molecular complexity index is 450. The van der Waals surface area contributed by atoms with E-state index < -0.39 is 15.3 Å². The summed E-state index contributed by atoms with van der Waals surface area (Å²) in [5, 5.41) is -0.399. The zero-order valence-corrected chi connectivity index (χ0v) is 11.6. The number of benzene rings is 1. The van der Waals surface area contributed by atoms with Gasteiger partial charge in [0.1, 0.15) is 0 Å². The Balaban J connectivity index is 2.65. The van der Waals surface area contributed by atoms with Gasteiger partial charge in [0.05, 0.1) is 5.25 Å². The Morgan fingerprint density at radius 2 is 1.71 bits per heavy atom. The molecule has 0 atom stereocenters. The molecule has 1 rings (SSSR count). The summed E-state index contributed by atoms with van der Waals surface area (Å²) in [6.07, 6.45) is 0. The number of hydrogen-bond donors (Lipinski definition) is 1. The molecule has 0 radical (unpaired) electrons. The quantitative estimate of drug-likeness (QED) is 0.870. The minimum absolute atomic E-state index is 0.341. The molecular formula is C12H20N2O2S. The van der Waals surface area contributed by atoms with E-state index >= 15 is 0 Å². The smallest absolute Gasteiger partial charge is 0.214 e. The van der Waals surface area contributed by atoms with Crippen molar-refractivity contribution in [2.75, 3.05) is 19.0 Å². The van der Waals surface area contributed by atoms with Crippen molar-refractivity contribution in [1.82, 2.24) is 4.72 Å². The minimum Gasteiger partial charge on any atom is -0.378 e. The van der Waals surface area contributed by atoms with Crippen LogP contribution in [-0.2, 0) is 16.6 Å². The Labute approximate surface area is 104 Å².